The molecule has 0 unspecified atom stereocenters. The maximum atomic E-state index is 13.1. The van der Waals surface area contributed by atoms with E-state index in [1.165, 1.54) is 23.9 Å². The van der Waals surface area contributed by atoms with Gasteiger partial charge in [-0.05, 0) is 49.9 Å². The van der Waals surface area contributed by atoms with Gasteiger partial charge in [0.15, 0.2) is 11.0 Å². The number of carbonyl (C=O) groups is 1. The summed E-state index contributed by atoms with van der Waals surface area (Å²) in [7, 11) is 0. The smallest absolute Gasteiger partial charge is 0.233 e. The van der Waals surface area contributed by atoms with E-state index in [9.17, 15) is 9.18 Å². The number of carbonyl (C=O) groups excluding carboxylic acids is 1. The van der Waals surface area contributed by atoms with Gasteiger partial charge in [-0.1, -0.05) is 30.0 Å². The van der Waals surface area contributed by atoms with Crippen molar-refractivity contribution in [2.45, 2.75) is 43.8 Å². The number of halogens is 1. The van der Waals surface area contributed by atoms with E-state index in [1.54, 1.807) is 23.5 Å². The molecule has 0 aliphatic carbocycles. The Balaban J connectivity index is 1.67. The predicted molar refractivity (Wildman–Crippen MR) is 107 cm³/mol. The largest absolute Gasteiger partial charge is 0.349 e. The first-order valence-electron chi connectivity index (χ1n) is 8.69. The monoisotopic (exact) mass is 404 g/mol. The first kappa shape index (κ1) is 19.6. The van der Waals surface area contributed by atoms with Crippen LogP contribution in [0.3, 0.4) is 0 Å². The highest BCUT2D eigenvalue weighted by Gasteiger charge is 2.22. The van der Waals surface area contributed by atoms with Gasteiger partial charge in [-0.3, -0.25) is 4.79 Å². The van der Waals surface area contributed by atoms with Crippen LogP contribution in [0.5, 0.6) is 0 Å². The van der Waals surface area contributed by atoms with Gasteiger partial charge in [-0.15, -0.1) is 21.5 Å². The van der Waals surface area contributed by atoms with Crippen LogP contribution < -0.4 is 5.32 Å². The van der Waals surface area contributed by atoms with Crippen LogP contribution in [0.25, 0.3) is 10.7 Å². The average Bonchev–Trinajstić information content (AvgIpc) is 3.31. The minimum atomic E-state index is -0.335. The van der Waals surface area contributed by atoms with Gasteiger partial charge >= 0.3 is 0 Å². The number of rotatable bonds is 7. The highest BCUT2D eigenvalue weighted by molar-refractivity contribution is 8.00. The second-order valence-corrected chi connectivity index (χ2v) is 8.33. The molecule has 3 aromatic rings. The maximum absolute atomic E-state index is 13.1. The van der Waals surface area contributed by atoms with Crippen LogP contribution in [0.1, 0.15) is 32.4 Å². The lowest BCUT2D eigenvalue weighted by Gasteiger charge is -2.17. The van der Waals surface area contributed by atoms with Crippen molar-refractivity contribution in [2.75, 3.05) is 0 Å². The molecule has 1 amide bonds. The Morgan fingerprint density at radius 2 is 2.00 bits per heavy atom. The Bertz CT molecular complexity index is 893. The Labute approximate surface area is 166 Å². The molecule has 3 rings (SSSR count). The molecular formula is C19H21FN4OS2. The lowest BCUT2D eigenvalue weighted by molar-refractivity contribution is -0.120. The number of aromatic nitrogens is 3. The molecule has 2 atom stereocenters. The lowest BCUT2D eigenvalue weighted by atomic mass is 10.1. The Hall–Kier alpha value is -2.19. The lowest BCUT2D eigenvalue weighted by Crippen LogP contribution is -2.33. The van der Waals surface area contributed by atoms with Crippen molar-refractivity contribution in [3.8, 4) is 10.7 Å². The summed E-state index contributed by atoms with van der Waals surface area (Å²) in [5.74, 6) is 0.434. The van der Waals surface area contributed by atoms with Gasteiger partial charge in [0.1, 0.15) is 5.82 Å². The zero-order valence-electron chi connectivity index (χ0n) is 15.3. The molecule has 27 heavy (non-hydrogen) atoms. The molecule has 0 aliphatic heterocycles. The third kappa shape index (κ3) is 4.56. The molecule has 0 saturated heterocycles. The highest BCUT2D eigenvalue weighted by Crippen LogP contribution is 2.29. The molecular weight excluding hydrogens is 383 g/mol. The summed E-state index contributed by atoms with van der Waals surface area (Å²) in [6.45, 7) is 6.48. The molecule has 0 aliphatic rings. The van der Waals surface area contributed by atoms with Crippen molar-refractivity contribution in [1.29, 1.82) is 0 Å². The molecule has 0 saturated carbocycles. The molecule has 0 fully saturated rings. The minimum Gasteiger partial charge on any atom is -0.349 e. The number of hydrogen-bond donors (Lipinski definition) is 1. The number of nitrogens with zero attached hydrogens (tertiary/aromatic N) is 3. The van der Waals surface area contributed by atoms with Crippen molar-refractivity contribution in [2.24, 2.45) is 0 Å². The minimum absolute atomic E-state index is 0.0971. The Morgan fingerprint density at radius 3 is 2.63 bits per heavy atom. The van der Waals surface area contributed by atoms with E-state index in [0.29, 0.717) is 0 Å². The average molecular weight is 405 g/mol. The van der Waals surface area contributed by atoms with Gasteiger partial charge in [0.05, 0.1) is 16.2 Å². The number of nitrogens with one attached hydrogen (secondary N) is 1. The van der Waals surface area contributed by atoms with E-state index >= 15 is 0 Å². The van der Waals surface area contributed by atoms with Gasteiger partial charge < -0.3 is 9.88 Å². The first-order valence-corrected chi connectivity index (χ1v) is 10.4. The Kier molecular flexibility index (Phi) is 6.28. The number of thiophene rings is 1. The van der Waals surface area contributed by atoms with Gasteiger partial charge in [-0.2, -0.15) is 0 Å². The van der Waals surface area contributed by atoms with Crippen molar-refractivity contribution in [3.63, 3.8) is 0 Å². The Morgan fingerprint density at radius 1 is 1.26 bits per heavy atom. The number of benzene rings is 1. The van der Waals surface area contributed by atoms with E-state index in [0.717, 1.165) is 28.0 Å². The fourth-order valence-electron chi connectivity index (χ4n) is 2.63. The molecule has 2 heterocycles. The second kappa shape index (κ2) is 8.67. The molecule has 8 heteroatoms. The first-order chi connectivity index (χ1) is 13.0. The van der Waals surface area contributed by atoms with Crippen molar-refractivity contribution in [3.05, 3.63) is 53.2 Å². The summed E-state index contributed by atoms with van der Waals surface area (Å²) in [5, 5.41) is 13.9. The van der Waals surface area contributed by atoms with E-state index in [4.69, 9.17) is 0 Å². The molecule has 0 bridgehead atoms. The topological polar surface area (TPSA) is 59.8 Å². The van der Waals surface area contributed by atoms with Gasteiger partial charge in [0, 0.05) is 6.54 Å². The summed E-state index contributed by atoms with van der Waals surface area (Å²) < 4.78 is 15.1. The summed E-state index contributed by atoms with van der Waals surface area (Å²) in [4.78, 5) is 13.6. The third-order valence-electron chi connectivity index (χ3n) is 4.15. The molecule has 1 N–H and O–H groups in total. The summed E-state index contributed by atoms with van der Waals surface area (Å²) in [6, 6.07) is 9.94. The molecule has 1 aromatic carbocycles. The maximum Gasteiger partial charge on any atom is 0.233 e. The molecule has 0 spiro atoms. The highest BCUT2D eigenvalue weighted by atomic mass is 32.2. The summed E-state index contributed by atoms with van der Waals surface area (Å²) in [6.07, 6.45) is 0. The molecule has 0 radical (unpaired) electrons. The third-order valence-corrected chi connectivity index (χ3v) is 6.10. The van der Waals surface area contributed by atoms with Crippen LogP contribution in [0, 0.1) is 5.82 Å². The number of thioether (sulfide) groups is 1. The van der Waals surface area contributed by atoms with Crippen LogP contribution in [0.4, 0.5) is 4.39 Å². The number of hydrogen-bond acceptors (Lipinski definition) is 5. The SMILES string of the molecule is CCn1c(S[C@H](C)C(=O)N[C@@H](C)c2ccc(F)cc2)nnc1-c1cccs1. The zero-order chi connectivity index (χ0) is 19.4. The summed E-state index contributed by atoms with van der Waals surface area (Å²) >= 11 is 3.00. The van der Waals surface area contributed by atoms with Gasteiger partial charge in [0.25, 0.3) is 0 Å². The molecule has 5 nitrogen and oxygen atoms in total. The quantitative estimate of drug-likeness (QED) is 0.588. The van der Waals surface area contributed by atoms with E-state index < -0.39 is 0 Å². The van der Waals surface area contributed by atoms with Crippen LogP contribution in [-0.4, -0.2) is 25.9 Å². The predicted octanol–water partition coefficient (Wildman–Crippen LogP) is 4.52. The second-order valence-electron chi connectivity index (χ2n) is 6.07. The van der Waals surface area contributed by atoms with Crippen LogP contribution in [-0.2, 0) is 11.3 Å². The van der Waals surface area contributed by atoms with Gasteiger partial charge in [-0.25, -0.2) is 4.39 Å². The van der Waals surface area contributed by atoms with Crippen LogP contribution >= 0.6 is 23.1 Å². The molecule has 2 aromatic heterocycles. The number of amides is 1. The fraction of sp³-hybridized carbons (Fsp3) is 0.316. The fourth-order valence-corrected chi connectivity index (χ4v) is 4.27. The van der Waals surface area contributed by atoms with Crippen LogP contribution in [0.15, 0.2) is 46.9 Å². The van der Waals surface area contributed by atoms with Crippen LogP contribution in [0.2, 0.25) is 0 Å². The van der Waals surface area contributed by atoms with Crippen molar-refractivity contribution < 1.29 is 9.18 Å². The van der Waals surface area contributed by atoms with Crippen molar-refractivity contribution >= 4 is 29.0 Å². The van der Waals surface area contributed by atoms with Crippen molar-refractivity contribution in [1.82, 2.24) is 20.1 Å². The normalized spacial score (nSPS) is 13.3. The zero-order valence-corrected chi connectivity index (χ0v) is 17.0. The van der Waals surface area contributed by atoms with Gasteiger partial charge in [0.2, 0.25) is 5.91 Å². The van der Waals surface area contributed by atoms with E-state index in [-0.39, 0.29) is 23.0 Å². The standard InChI is InChI=1S/C19H21FN4OS2/c1-4-24-17(16-6-5-11-26-16)22-23-19(24)27-13(3)18(25)21-12(2)14-7-9-15(20)10-8-14/h5-13H,4H2,1-3H3,(H,21,25)/t12-,13+/m0/s1. The van der Waals surface area contributed by atoms with E-state index in [2.05, 4.69) is 15.5 Å². The summed E-state index contributed by atoms with van der Waals surface area (Å²) in [5.41, 5.74) is 0.860. The van der Waals surface area contributed by atoms with E-state index in [1.807, 2.05) is 42.9 Å². The molecule has 142 valence electrons.